The van der Waals surface area contributed by atoms with Crippen LogP contribution in [0.5, 0.6) is 5.75 Å². The molecule has 0 radical (unpaired) electrons. The molecule has 2 aromatic carbocycles. The average Bonchev–Trinajstić information content (AvgIpc) is 3.64. The lowest BCUT2D eigenvalue weighted by molar-refractivity contribution is 0.0695. The number of nitrogens with one attached hydrogen (secondary N) is 1. The zero-order valence-electron chi connectivity index (χ0n) is 17.7. The van der Waals surface area contributed by atoms with Crippen molar-refractivity contribution < 1.29 is 19.0 Å². The Balaban J connectivity index is 1.68. The van der Waals surface area contributed by atoms with Gasteiger partial charge < -0.3 is 24.6 Å². The van der Waals surface area contributed by atoms with E-state index >= 15 is 4.39 Å². The molecule has 0 spiro atoms. The summed E-state index contributed by atoms with van der Waals surface area (Å²) < 4.78 is 23.0. The first kappa shape index (κ1) is 20.5. The molecule has 1 atom stereocenters. The smallest absolute Gasteiger partial charge is 0.341 e. The predicted octanol–water partition coefficient (Wildman–Crippen LogP) is 3.33. The Morgan fingerprint density at radius 3 is 2.66 bits per heavy atom. The maximum atomic E-state index is 15.5. The maximum absolute atomic E-state index is 15.5. The summed E-state index contributed by atoms with van der Waals surface area (Å²) in [6, 6.07) is 11.2. The Morgan fingerprint density at radius 2 is 2.00 bits per heavy atom. The normalized spacial score (nSPS) is 18.7. The van der Waals surface area contributed by atoms with Crippen LogP contribution in [0.2, 0.25) is 0 Å². The van der Waals surface area contributed by atoms with Crippen LogP contribution in [0, 0.1) is 5.82 Å². The summed E-state index contributed by atoms with van der Waals surface area (Å²) in [4.78, 5) is 26.4. The molecule has 7 nitrogen and oxygen atoms in total. The van der Waals surface area contributed by atoms with E-state index < -0.39 is 17.2 Å². The van der Waals surface area contributed by atoms with Crippen molar-refractivity contribution in [2.24, 2.45) is 0 Å². The minimum absolute atomic E-state index is 0.0183. The quantitative estimate of drug-likeness (QED) is 0.637. The molecule has 3 aromatic rings. The Labute approximate surface area is 184 Å². The van der Waals surface area contributed by atoms with E-state index in [-0.39, 0.29) is 28.8 Å². The number of piperazine rings is 1. The van der Waals surface area contributed by atoms with Crippen molar-refractivity contribution >= 4 is 22.6 Å². The van der Waals surface area contributed by atoms with Crippen LogP contribution in [0.3, 0.4) is 0 Å². The second-order valence-corrected chi connectivity index (χ2v) is 8.32. The van der Waals surface area contributed by atoms with Gasteiger partial charge in [0.05, 0.1) is 18.0 Å². The predicted molar refractivity (Wildman–Crippen MR) is 119 cm³/mol. The van der Waals surface area contributed by atoms with Crippen molar-refractivity contribution in [2.75, 3.05) is 31.6 Å². The molecule has 32 heavy (non-hydrogen) atoms. The number of carbonyl (C=O) groups is 1. The highest BCUT2D eigenvalue weighted by Crippen LogP contribution is 2.44. The summed E-state index contributed by atoms with van der Waals surface area (Å²) in [6.07, 6.45) is 3.12. The number of anilines is 1. The lowest BCUT2D eigenvalue weighted by Crippen LogP contribution is -2.46. The highest BCUT2D eigenvalue weighted by atomic mass is 19.1. The first-order valence-electron chi connectivity index (χ1n) is 10.7. The maximum Gasteiger partial charge on any atom is 0.341 e. The number of carboxylic acid groups (broad SMARTS) is 1. The molecule has 0 amide bonds. The molecule has 0 bridgehead atoms. The van der Waals surface area contributed by atoms with Gasteiger partial charge in [-0.2, -0.15) is 0 Å². The standard InChI is InChI=1S/C24H24FN3O4/c1-32-23-20-16(22(29)17(24(30)31)12-28(20)15-7-8-15)11-18(25)21(23)27-10-9-26-19(13-27)14-5-3-2-4-6-14/h2-6,11-12,15,19,26H,7-10,13H2,1H3,(H,30,31)/t19-/m1/s1. The van der Waals surface area contributed by atoms with Gasteiger partial charge in [0.25, 0.3) is 0 Å². The molecular formula is C24H24FN3O4. The van der Waals surface area contributed by atoms with Gasteiger partial charge in [-0.25, -0.2) is 9.18 Å². The van der Waals surface area contributed by atoms with Gasteiger partial charge in [-0.3, -0.25) is 4.79 Å². The molecule has 1 aliphatic heterocycles. The molecule has 1 saturated heterocycles. The molecule has 166 valence electrons. The van der Waals surface area contributed by atoms with E-state index in [4.69, 9.17) is 4.74 Å². The van der Waals surface area contributed by atoms with Crippen molar-refractivity contribution in [2.45, 2.75) is 24.9 Å². The zero-order valence-corrected chi connectivity index (χ0v) is 17.7. The number of hydrogen-bond acceptors (Lipinski definition) is 5. The van der Waals surface area contributed by atoms with Gasteiger partial charge in [0.15, 0.2) is 11.6 Å². The first-order valence-corrected chi connectivity index (χ1v) is 10.7. The average molecular weight is 437 g/mol. The van der Waals surface area contributed by atoms with Crippen LogP contribution in [0.15, 0.2) is 47.4 Å². The summed E-state index contributed by atoms with van der Waals surface area (Å²) in [5.74, 6) is -1.64. The number of ether oxygens (including phenoxy) is 1. The number of carboxylic acids is 1. The molecule has 1 saturated carbocycles. The molecule has 0 unspecified atom stereocenters. The van der Waals surface area contributed by atoms with Gasteiger partial charge in [-0.1, -0.05) is 30.3 Å². The minimum Gasteiger partial charge on any atom is -0.492 e. The van der Waals surface area contributed by atoms with Gasteiger partial charge in [-0.15, -0.1) is 0 Å². The second-order valence-electron chi connectivity index (χ2n) is 8.32. The third-order valence-corrected chi connectivity index (χ3v) is 6.27. The van der Waals surface area contributed by atoms with E-state index in [1.807, 2.05) is 35.2 Å². The summed E-state index contributed by atoms with van der Waals surface area (Å²) in [5.41, 5.74) is 0.814. The molecule has 2 aliphatic rings. The van der Waals surface area contributed by atoms with E-state index in [0.717, 1.165) is 18.4 Å². The van der Waals surface area contributed by atoms with E-state index in [0.29, 0.717) is 30.8 Å². The minimum atomic E-state index is -1.32. The van der Waals surface area contributed by atoms with Crippen LogP contribution >= 0.6 is 0 Å². The van der Waals surface area contributed by atoms with Gasteiger partial charge in [0, 0.05) is 37.9 Å². The highest BCUT2D eigenvalue weighted by molar-refractivity contribution is 5.97. The number of rotatable bonds is 5. The second kappa shape index (κ2) is 7.94. The summed E-state index contributed by atoms with van der Waals surface area (Å²) >= 11 is 0. The number of nitrogens with zero attached hydrogens (tertiary/aromatic N) is 2. The molecule has 1 aliphatic carbocycles. The molecule has 2 heterocycles. The number of pyridine rings is 1. The van der Waals surface area contributed by atoms with Gasteiger partial charge in [0.2, 0.25) is 5.43 Å². The number of aromatic carboxylic acids is 1. The van der Waals surface area contributed by atoms with Crippen molar-refractivity contribution in [1.29, 1.82) is 0 Å². The molecule has 2 fully saturated rings. The Bertz CT molecular complexity index is 1250. The molecular weight excluding hydrogens is 413 g/mol. The topological polar surface area (TPSA) is 83.8 Å². The van der Waals surface area contributed by atoms with E-state index in [2.05, 4.69) is 5.32 Å². The van der Waals surface area contributed by atoms with Crippen LogP contribution in [0.4, 0.5) is 10.1 Å². The van der Waals surface area contributed by atoms with E-state index in [9.17, 15) is 14.7 Å². The van der Waals surface area contributed by atoms with Crippen LogP contribution in [-0.4, -0.2) is 42.4 Å². The lowest BCUT2D eigenvalue weighted by atomic mass is 10.0. The summed E-state index contributed by atoms with van der Waals surface area (Å²) in [7, 11) is 1.46. The number of fused-ring (bicyclic) bond motifs is 1. The Kier molecular flexibility index (Phi) is 5.09. The molecule has 5 rings (SSSR count). The fourth-order valence-corrected chi connectivity index (χ4v) is 4.59. The van der Waals surface area contributed by atoms with Crippen molar-refractivity contribution in [3.63, 3.8) is 0 Å². The number of halogens is 1. The van der Waals surface area contributed by atoms with Crippen molar-refractivity contribution in [3.8, 4) is 5.75 Å². The number of methoxy groups -OCH3 is 1. The molecule has 1 aromatic heterocycles. The monoisotopic (exact) mass is 437 g/mol. The van der Waals surface area contributed by atoms with Gasteiger partial charge in [-0.05, 0) is 24.5 Å². The van der Waals surface area contributed by atoms with Crippen LogP contribution in [-0.2, 0) is 0 Å². The third kappa shape index (κ3) is 3.40. The Hall–Kier alpha value is -3.39. The largest absolute Gasteiger partial charge is 0.492 e. The molecule has 8 heteroatoms. The van der Waals surface area contributed by atoms with Crippen LogP contribution in [0.25, 0.3) is 10.9 Å². The van der Waals surface area contributed by atoms with Crippen LogP contribution < -0.4 is 20.4 Å². The number of benzene rings is 2. The summed E-state index contributed by atoms with van der Waals surface area (Å²) in [6.45, 7) is 1.76. The van der Waals surface area contributed by atoms with Gasteiger partial charge >= 0.3 is 5.97 Å². The van der Waals surface area contributed by atoms with Crippen molar-refractivity contribution in [1.82, 2.24) is 9.88 Å². The number of hydrogen-bond donors (Lipinski definition) is 2. The third-order valence-electron chi connectivity index (χ3n) is 6.27. The Morgan fingerprint density at radius 1 is 1.25 bits per heavy atom. The van der Waals surface area contributed by atoms with E-state index in [1.54, 1.807) is 4.57 Å². The summed E-state index contributed by atoms with van der Waals surface area (Å²) in [5, 5.41) is 13.0. The fourth-order valence-electron chi connectivity index (χ4n) is 4.59. The van der Waals surface area contributed by atoms with Crippen molar-refractivity contribution in [3.05, 3.63) is 69.8 Å². The first-order chi connectivity index (χ1) is 15.5. The SMILES string of the molecule is COc1c(N2CCN[C@@H](c3ccccc3)C2)c(F)cc2c(=O)c(C(=O)O)cn(C3CC3)c12. The number of aromatic nitrogens is 1. The highest BCUT2D eigenvalue weighted by Gasteiger charge is 2.32. The lowest BCUT2D eigenvalue weighted by Gasteiger charge is -2.36. The van der Waals surface area contributed by atoms with Gasteiger partial charge in [0.1, 0.15) is 11.3 Å². The van der Waals surface area contributed by atoms with E-state index in [1.165, 1.54) is 19.4 Å². The molecule has 2 N–H and O–H groups in total. The van der Waals surface area contributed by atoms with Crippen LogP contribution in [0.1, 0.15) is 40.8 Å². The fraction of sp³-hybridized carbons (Fsp3) is 0.333. The zero-order chi connectivity index (χ0) is 22.4.